The van der Waals surface area contributed by atoms with Crippen molar-refractivity contribution in [3.8, 4) is 5.75 Å². The molecule has 2 rings (SSSR count). The Morgan fingerprint density at radius 3 is 2.00 bits per heavy atom. The van der Waals surface area contributed by atoms with Gasteiger partial charge >= 0.3 is 30.0 Å². The van der Waals surface area contributed by atoms with Crippen LogP contribution in [0.4, 0.5) is 4.79 Å². The number of carbonyl (C=O) groups excluding carboxylic acids is 5. The quantitative estimate of drug-likeness (QED) is 0.298. The monoisotopic (exact) mass is 554 g/mol. The number of benzene rings is 1. The summed E-state index contributed by atoms with van der Waals surface area (Å²) < 4.78 is 37.5. The summed E-state index contributed by atoms with van der Waals surface area (Å²) in [5.41, 5.74) is 0.652. The molecule has 1 fully saturated rings. The molecule has 39 heavy (non-hydrogen) atoms. The van der Waals surface area contributed by atoms with Crippen LogP contribution in [0.3, 0.4) is 0 Å². The van der Waals surface area contributed by atoms with E-state index in [0.717, 1.165) is 27.9 Å². The second-order valence-electron chi connectivity index (χ2n) is 8.51. The highest BCUT2D eigenvalue weighted by Gasteiger charge is 2.55. The summed E-state index contributed by atoms with van der Waals surface area (Å²) in [6, 6.07) is 6.33. The van der Waals surface area contributed by atoms with Crippen molar-refractivity contribution in [2.45, 2.75) is 58.1 Å². The third-order valence-electron chi connectivity index (χ3n) is 5.38. The number of likely N-dealkylation sites (N-methyl/N-ethyl adjacent to an activating group) is 2. The van der Waals surface area contributed by atoms with Crippen molar-refractivity contribution in [3.63, 3.8) is 0 Å². The Balaban J connectivity index is 2.25. The van der Waals surface area contributed by atoms with Gasteiger partial charge in [0.1, 0.15) is 12.4 Å². The van der Waals surface area contributed by atoms with Crippen LogP contribution in [-0.4, -0.2) is 99.9 Å². The van der Waals surface area contributed by atoms with Crippen LogP contribution in [0, 0.1) is 0 Å². The number of ether oxygens (including phenoxy) is 7. The van der Waals surface area contributed by atoms with Crippen LogP contribution >= 0.6 is 0 Å². The van der Waals surface area contributed by atoms with Gasteiger partial charge in [0.15, 0.2) is 18.3 Å². The van der Waals surface area contributed by atoms with Gasteiger partial charge in [0.25, 0.3) is 0 Å². The van der Waals surface area contributed by atoms with E-state index in [9.17, 15) is 24.0 Å². The van der Waals surface area contributed by atoms with Crippen LogP contribution < -0.4 is 10.1 Å². The first-order chi connectivity index (χ1) is 18.5. The number of nitrogens with zero attached hydrogens (tertiary/aromatic N) is 1. The molecule has 14 nitrogen and oxygen atoms in total. The molecule has 5 unspecified atom stereocenters. The molecule has 1 aromatic carbocycles. The summed E-state index contributed by atoms with van der Waals surface area (Å²) in [6.45, 7) is 4.39. The summed E-state index contributed by atoms with van der Waals surface area (Å²) in [4.78, 5) is 61.6. The van der Waals surface area contributed by atoms with Crippen LogP contribution in [-0.2, 0) is 54.2 Å². The van der Waals surface area contributed by atoms with Crippen LogP contribution in [0.15, 0.2) is 24.3 Å². The smallest absolute Gasteiger partial charge is 0.409 e. The van der Waals surface area contributed by atoms with E-state index < -0.39 is 60.7 Å². The van der Waals surface area contributed by atoms with Gasteiger partial charge in [-0.1, -0.05) is 12.1 Å². The molecule has 0 spiro atoms. The van der Waals surface area contributed by atoms with E-state index in [4.69, 9.17) is 33.2 Å². The third-order valence-corrected chi connectivity index (χ3v) is 5.38. The molecule has 1 saturated heterocycles. The number of methoxy groups -OCH3 is 1. The Labute approximate surface area is 225 Å². The third kappa shape index (κ3) is 9.41. The molecule has 1 aliphatic heterocycles. The fourth-order valence-electron chi connectivity index (χ4n) is 3.60. The second kappa shape index (κ2) is 14.9. The zero-order valence-corrected chi connectivity index (χ0v) is 22.7. The lowest BCUT2D eigenvalue weighted by molar-refractivity contribution is -0.282. The maximum atomic E-state index is 12.5. The topological polar surface area (TPSA) is 165 Å². The zero-order valence-electron chi connectivity index (χ0n) is 22.7. The molecule has 1 aliphatic rings. The second-order valence-corrected chi connectivity index (χ2v) is 8.51. The molecule has 0 radical (unpaired) electrons. The number of amides is 1. The van der Waals surface area contributed by atoms with Crippen molar-refractivity contribution in [3.05, 3.63) is 29.8 Å². The van der Waals surface area contributed by atoms with Gasteiger partial charge < -0.3 is 43.4 Å². The molecule has 0 saturated carbocycles. The molecule has 0 aromatic heterocycles. The highest BCUT2D eigenvalue weighted by atomic mass is 16.7. The minimum Gasteiger partial charge on any atom is -0.467 e. The number of hydrogen-bond acceptors (Lipinski definition) is 13. The van der Waals surface area contributed by atoms with Crippen molar-refractivity contribution in [1.82, 2.24) is 10.2 Å². The molecule has 216 valence electrons. The summed E-state index contributed by atoms with van der Waals surface area (Å²) in [6.07, 6.45) is -7.91. The summed E-state index contributed by atoms with van der Waals surface area (Å²) >= 11 is 0. The van der Waals surface area contributed by atoms with Crippen LogP contribution in [0.25, 0.3) is 0 Å². The lowest BCUT2D eigenvalue weighted by Gasteiger charge is -2.43. The lowest BCUT2D eigenvalue weighted by atomic mass is 9.97. The zero-order chi connectivity index (χ0) is 29.1. The van der Waals surface area contributed by atoms with Gasteiger partial charge in [0.2, 0.25) is 12.4 Å². The first-order valence-electron chi connectivity index (χ1n) is 12.0. The summed E-state index contributed by atoms with van der Waals surface area (Å²) in [7, 11) is 4.49. The highest BCUT2D eigenvalue weighted by Crippen LogP contribution is 2.31. The highest BCUT2D eigenvalue weighted by molar-refractivity contribution is 5.77. The summed E-state index contributed by atoms with van der Waals surface area (Å²) in [5, 5.41) is 2.94. The molecule has 1 amide bonds. The van der Waals surface area contributed by atoms with Crippen molar-refractivity contribution in [2.24, 2.45) is 0 Å². The fourth-order valence-corrected chi connectivity index (χ4v) is 3.60. The van der Waals surface area contributed by atoms with Gasteiger partial charge in [0, 0.05) is 40.9 Å². The van der Waals surface area contributed by atoms with E-state index in [1.54, 1.807) is 26.2 Å². The molecule has 14 heteroatoms. The van der Waals surface area contributed by atoms with E-state index in [-0.39, 0.29) is 12.4 Å². The van der Waals surface area contributed by atoms with Gasteiger partial charge in [-0.2, -0.15) is 0 Å². The van der Waals surface area contributed by atoms with Crippen molar-refractivity contribution >= 4 is 30.0 Å². The van der Waals surface area contributed by atoms with Crippen molar-refractivity contribution < 1.29 is 57.1 Å². The van der Waals surface area contributed by atoms with E-state index in [0.29, 0.717) is 18.7 Å². The molecule has 5 atom stereocenters. The average Bonchev–Trinajstić information content (AvgIpc) is 2.88. The Kier molecular flexibility index (Phi) is 11.9. The maximum absolute atomic E-state index is 12.5. The van der Waals surface area contributed by atoms with E-state index in [1.807, 2.05) is 0 Å². The Bertz CT molecular complexity index is 1010. The molecule has 0 bridgehead atoms. The Hall–Kier alpha value is -3.91. The van der Waals surface area contributed by atoms with Gasteiger partial charge in [-0.3, -0.25) is 14.4 Å². The predicted octanol–water partition coefficient (Wildman–Crippen LogP) is 0.546. The first kappa shape index (κ1) is 31.3. The molecular formula is C25H34N2O12. The van der Waals surface area contributed by atoms with Crippen LogP contribution in [0.1, 0.15) is 26.3 Å². The van der Waals surface area contributed by atoms with Gasteiger partial charge in [-0.25, -0.2) is 9.59 Å². The Morgan fingerprint density at radius 2 is 1.46 bits per heavy atom. The molecule has 1 heterocycles. The van der Waals surface area contributed by atoms with E-state index in [2.05, 4.69) is 5.32 Å². The van der Waals surface area contributed by atoms with Crippen LogP contribution in [0.5, 0.6) is 5.75 Å². The maximum Gasteiger partial charge on any atom is 0.409 e. The molecular weight excluding hydrogens is 520 g/mol. The Morgan fingerprint density at radius 1 is 0.897 bits per heavy atom. The van der Waals surface area contributed by atoms with Gasteiger partial charge in [0.05, 0.1) is 7.11 Å². The molecule has 1 aromatic rings. The standard InChI is InChI=1S/C25H34N2O12/c1-14(28)35-19-20(36-15(2)29)22(37-16(3)30)24(39-21(19)23(31)33-6)38-18-9-7-17(8-10-18)13-34-25(32)27(5)12-11-26-4/h7-10,19-22,24,26H,11-13H2,1-6H3. The number of hydrogen-bond donors (Lipinski definition) is 1. The number of esters is 4. The first-order valence-corrected chi connectivity index (χ1v) is 12.0. The molecule has 0 aliphatic carbocycles. The SMILES string of the molecule is CNCCN(C)C(=O)OCc1ccc(OC2OC(C(=O)OC)C(OC(C)=O)C(OC(C)=O)C2OC(C)=O)cc1. The summed E-state index contributed by atoms with van der Waals surface area (Å²) in [5.74, 6) is -3.10. The van der Waals surface area contributed by atoms with Gasteiger partial charge in [-0.05, 0) is 24.7 Å². The fraction of sp³-hybridized carbons (Fsp3) is 0.560. The van der Waals surface area contributed by atoms with Crippen molar-refractivity contribution in [1.29, 1.82) is 0 Å². The molecule has 1 N–H and O–H groups in total. The number of nitrogens with one attached hydrogen (secondary N) is 1. The minimum absolute atomic E-state index is 0.00200. The number of rotatable bonds is 11. The van der Waals surface area contributed by atoms with E-state index >= 15 is 0 Å². The van der Waals surface area contributed by atoms with E-state index in [1.165, 1.54) is 17.0 Å². The normalized spacial score (nSPS) is 22.2. The minimum atomic E-state index is -1.57. The van der Waals surface area contributed by atoms with Crippen LogP contribution in [0.2, 0.25) is 0 Å². The number of carbonyl (C=O) groups is 5. The largest absolute Gasteiger partial charge is 0.467 e. The predicted molar refractivity (Wildman–Crippen MR) is 131 cm³/mol. The average molecular weight is 555 g/mol. The lowest BCUT2D eigenvalue weighted by Crippen LogP contribution is -2.64. The van der Waals surface area contributed by atoms with Gasteiger partial charge in [-0.15, -0.1) is 0 Å². The van der Waals surface area contributed by atoms with Crippen molar-refractivity contribution in [2.75, 3.05) is 34.3 Å².